The number of hydrogen-bond donors (Lipinski definition) is 0. The van der Waals surface area contributed by atoms with Crippen LogP contribution in [0.4, 0.5) is 0 Å². The van der Waals surface area contributed by atoms with Crippen LogP contribution in [0, 0.1) is 10.7 Å². The van der Waals surface area contributed by atoms with E-state index in [9.17, 15) is 22.6 Å². The smallest absolute Gasteiger partial charge is 0.344 e. The van der Waals surface area contributed by atoms with E-state index in [1.807, 2.05) is 12.1 Å². The zero-order valence-corrected chi connectivity index (χ0v) is 25.8. The second-order valence-corrected chi connectivity index (χ2v) is 12.4. The Kier molecular flexibility index (Phi) is 8.88. The van der Waals surface area contributed by atoms with Gasteiger partial charge >= 0.3 is 11.9 Å². The van der Waals surface area contributed by atoms with E-state index in [4.69, 9.17) is 9.47 Å². The molecule has 0 aliphatic heterocycles. The quantitative estimate of drug-likeness (QED) is 0.0943. The van der Waals surface area contributed by atoms with Crippen LogP contribution >= 0.6 is 67.8 Å². The molecule has 0 radical (unpaired) electrons. The van der Waals surface area contributed by atoms with Gasteiger partial charge in [-0.15, -0.1) is 0 Å². The fourth-order valence-corrected chi connectivity index (χ4v) is 7.74. The van der Waals surface area contributed by atoms with Gasteiger partial charge in [-0.2, -0.15) is 0 Å². The van der Waals surface area contributed by atoms with E-state index in [2.05, 4.69) is 22.6 Å². The van der Waals surface area contributed by atoms with E-state index >= 15 is 0 Å². The molecule has 4 rings (SSSR count). The highest BCUT2D eigenvalue weighted by Gasteiger charge is 2.22. The zero-order valence-electron chi connectivity index (χ0n) is 18.5. The molecule has 0 spiro atoms. The minimum atomic E-state index is -4.69. The van der Waals surface area contributed by atoms with Crippen molar-refractivity contribution < 1.29 is 32.0 Å². The van der Waals surface area contributed by atoms with Crippen LogP contribution in [0.3, 0.4) is 0 Å². The molecular formula is C26H14I3O7S-. The highest BCUT2D eigenvalue weighted by Crippen LogP contribution is 2.32. The number of halogens is 3. The molecule has 0 aromatic heterocycles. The summed E-state index contributed by atoms with van der Waals surface area (Å²) in [5.74, 6) is -0.840. The fraction of sp³-hybridized carbons (Fsp3) is 0. The number of rotatable bonds is 6. The zero-order chi connectivity index (χ0) is 26.7. The Hall–Kier alpha value is -2.08. The van der Waals surface area contributed by atoms with Crippen molar-refractivity contribution in [1.29, 1.82) is 0 Å². The summed E-state index contributed by atoms with van der Waals surface area (Å²) in [6.07, 6.45) is 0. The van der Waals surface area contributed by atoms with Crippen molar-refractivity contribution in [2.24, 2.45) is 0 Å². The summed E-state index contributed by atoms with van der Waals surface area (Å²) in [5, 5.41) is 0. The summed E-state index contributed by atoms with van der Waals surface area (Å²) in [6.45, 7) is 0. The predicted molar refractivity (Wildman–Crippen MR) is 161 cm³/mol. The third-order valence-electron chi connectivity index (χ3n) is 5.04. The summed E-state index contributed by atoms with van der Waals surface area (Å²) in [4.78, 5) is 25.9. The van der Waals surface area contributed by atoms with Crippen LogP contribution in [0.25, 0.3) is 11.1 Å². The van der Waals surface area contributed by atoms with Crippen molar-refractivity contribution in [3.63, 3.8) is 0 Å². The second-order valence-electron chi connectivity index (χ2n) is 7.49. The molecule has 4 aromatic rings. The van der Waals surface area contributed by atoms with Crippen LogP contribution in [-0.2, 0) is 10.1 Å². The van der Waals surface area contributed by atoms with Crippen molar-refractivity contribution in [2.45, 2.75) is 4.90 Å². The third kappa shape index (κ3) is 6.68. The summed E-state index contributed by atoms with van der Waals surface area (Å²) in [5.41, 5.74) is 1.37. The first kappa shape index (κ1) is 27.9. The molecule has 0 saturated carbocycles. The highest BCUT2D eigenvalue weighted by atomic mass is 127. The molecule has 0 fully saturated rings. The lowest BCUT2D eigenvalue weighted by atomic mass is 9.95. The minimum Gasteiger partial charge on any atom is -0.744 e. The number of hydrogen-bond acceptors (Lipinski definition) is 7. The van der Waals surface area contributed by atoms with Crippen LogP contribution in [0.2, 0.25) is 0 Å². The van der Waals surface area contributed by atoms with E-state index in [1.54, 1.807) is 106 Å². The Morgan fingerprint density at radius 1 is 0.649 bits per heavy atom. The second kappa shape index (κ2) is 11.8. The van der Waals surface area contributed by atoms with Crippen molar-refractivity contribution in [3.05, 3.63) is 107 Å². The summed E-state index contributed by atoms with van der Waals surface area (Å²) in [6, 6.07) is 23.0. The van der Waals surface area contributed by atoms with Gasteiger partial charge in [0.2, 0.25) is 0 Å². The molecule has 0 atom stereocenters. The van der Waals surface area contributed by atoms with E-state index < -0.39 is 22.1 Å². The van der Waals surface area contributed by atoms with E-state index in [0.29, 0.717) is 16.9 Å². The van der Waals surface area contributed by atoms with Gasteiger partial charge in [0.1, 0.15) is 21.6 Å². The van der Waals surface area contributed by atoms with Gasteiger partial charge in [-0.25, -0.2) is 18.0 Å². The average Bonchev–Trinajstić information content (AvgIpc) is 2.84. The van der Waals surface area contributed by atoms with Gasteiger partial charge in [-0.05, 0) is 127 Å². The molecule has 0 aliphatic rings. The Morgan fingerprint density at radius 2 is 1.08 bits per heavy atom. The third-order valence-corrected chi connectivity index (χ3v) is 9.13. The largest absolute Gasteiger partial charge is 0.744 e. The summed E-state index contributed by atoms with van der Waals surface area (Å²) >= 11 is 5.57. The molecular weight excluding hydrogens is 837 g/mol. The van der Waals surface area contributed by atoms with E-state index in [1.165, 1.54) is 12.1 Å². The maximum absolute atomic E-state index is 13.2. The van der Waals surface area contributed by atoms with Gasteiger partial charge in [0.05, 0.1) is 16.0 Å². The highest BCUT2D eigenvalue weighted by molar-refractivity contribution is 14.1. The molecule has 0 unspecified atom stereocenters. The molecule has 0 amide bonds. The number of ether oxygens (including phenoxy) is 2. The standard InChI is InChI=1S/C26H15I3O7S/c27-15-9-11-16(12-10-15)35-25(30)20-7-3-1-5-18(20)19-6-2-4-8-21(19)26(31)36-17-13-22(28)24(23(29)14-17)37(32,33)34/h1-14H,(H,32,33,34)/p-1. The van der Waals surface area contributed by atoms with E-state index in [-0.39, 0.29) is 28.9 Å². The lowest BCUT2D eigenvalue weighted by molar-refractivity contribution is 0.0723. The number of benzene rings is 4. The van der Waals surface area contributed by atoms with Gasteiger partial charge in [0, 0.05) is 10.7 Å². The Balaban J connectivity index is 1.67. The molecule has 188 valence electrons. The Bertz CT molecular complexity index is 1590. The molecule has 11 heteroatoms. The van der Waals surface area contributed by atoms with Crippen LogP contribution in [-0.4, -0.2) is 24.9 Å². The Morgan fingerprint density at radius 3 is 1.54 bits per heavy atom. The number of carbonyl (C=O) groups is 2. The lowest BCUT2D eigenvalue weighted by Gasteiger charge is -2.15. The monoisotopic (exact) mass is 851 g/mol. The topological polar surface area (TPSA) is 110 Å². The van der Waals surface area contributed by atoms with Gasteiger partial charge in [0.25, 0.3) is 0 Å². The van der Waals surface area contributed by atoms with Crippen LogP contribution in [0.5, 0.6) is 11.5 Å². The van der Waals surface area contributed by atoms with Crippen molar-refractivity contribution in [1.82, 2.24) is 0 Å². The predicted octanol–water partition coefficient (Wildman–Crippen LogP) is 6.51. The molecule has 0 bridgehead atoms. The molecule has 7 nitrogen and oxygen atoms in total. The first-order chi connectivity index (χ1) is 17.5. The minimum absolute atomic E-state index is 0.0763. The van der Waals surface area contributed by atoms with Crippen LogP contribution < -0.4 is 9.47 Å². The molecule has 0 aliphatic carbocycles. The first-order valence-corrected chi connectivity index (χ1v) is 15.0. The Labute approximate surface area is 253 Å². The van der Waals surface area contributed by atoms with E-state index in [0.717, 1.165) is 3.57 Å². The fourth-order valence-electron chi connectivity index (χ4n) is 3.45. The first-order valence-electron chi connectivity index (χ1n) is 10.4. The SMILES string of the molecule is O=C(Oc1ccc(I)cc1)c1ccccc1-c1ccccc1C(=O)Oc1cc(I)c(S(=O)(=O)[O-])c(I)c1. The van der Waals surface area contributed by atoms with Crippen molar-refractivity contribution in [3.8, 4) is 22.6 Å². The normalized spacial score (nSPS) is 11.1. The molecule has 0 N–H and O–H groups in total. The summed E-state index contributed by atoms with van der Waals surface area (Å²) < 4.78 is 47.0. The molecule has 37 heavy (non-hydrogen) atoms. The van der Waals surface area contributed by atoms with Gasteiger partial charge in [-0.3, -0.25) is 0 Å². The van der Waals surface area contributed by atoms with Crippen molar-refractivity contribution >= 4 is 89.8 Å². The summed E-state index contributed by atoms with van der Waals surface area (Å²) in [7, 11) is -4.69. The maximum atomic E-state index is 13.2. The molecule has 0 saturated heterocycles. The number of esters is 2. The van der Waals surface area contributed by atoms with Gasteiger partial charge in [0.15, 0.2) is 0 Å². The van der Waals surface area contributed by atoms with Crippen LogP contribution in [0.15, 0.2) is 89.8 Å². The lowest BCUT2D eigenvalue weighted by Crippen LogP contribution is -2.13. The average molecular weight is 851 g/mol. The molecule has 4 aromatic carbocycles. The molecule has 0 heterocycles. The maximum Gasteiger partial charge on any atom is 0.344 e. The van der Waals surface area contributed by atoms with Gasteiger partial charge < -0.3 is 14.0 Å². The van der Waals surface area contributed by atoms with Gasteiger partial charge in [-0.1, -0.05) is 36.4 Å². The van der Waals surface area contributed by atoms with Crippen LogP contribution in [0.1, 0.15) is 20.7 Å². The number of carbonyl (C=O) groups excluding carboxylic acids is 2. The van der Waals surface area contributed by atoms with Crippen molar-refractivity contribution in [2.75, 3.05) is 0 Å².